The molecule has 0 saturated carbocycles. The summed E-state index contributed by atoms with van der Waals surface area (Å²) >= 11 is 0. The number of rotatable bonds is 1. The third-order valence-corrected chi connectivity index (χ3v) is 1.54. The van der Waals surface area contributed by atoms with Gasteiger partial charge in [-0.25, -0.2) is 8.78 Å². The molecule has 0 atom stereocenters. The van der Waals surface area contributed by atoms with Gasteiger partial charge in [-0.05, 0) is 18.6 Å². The van der Waals surface area contributed by atoms with Gasteiger partial charge in [-0.2, -0.15) is 0 Å². The van der Waals surface area contributed by atoms with Crippen molar-refractivity contribution in [1.29, 1.82) is 0 Å². The first-order chi connectivity index (χ1) is 5.16. The lowest BCUT2D eigenvalue weighted by atomic mass is 10.2. The zero-order chi connectivity index (χ0) is 8.43. The Labute approximate surface area is 64.0 Å². The van der Waals surface area contributed by atoms with Gasteiger partial charge < -0.3 is 5.32 Å². The second-order valence-electron chi connectivity index (χ2n) is 2.31. The molecular formula is C8H9F2N. The largest absolute Gasteiger partial charge is 0.386 e. The maximum Gasteiger partial charge on any atom is 0.182 e. The number of anilines is 1. The van der Waals surface area contributed by atoms with Crippen molar-refractivity contribution >= 4 is 5.69 Å². The minimum Gasteiger partial charge on any atom is -0.386 e. The summed E-state index contributed by atoms with van der Waals surface area (Å²) in [5.74, 6) is -1.59. The van der Waals surface area contributed by atoms with E-state index >= 15 is 0 Å². The SMILES string of the molecule is CNc1ccc(C)c(F)c1F. The summed E-state index contributed by atoms with van der Waals surface area (Å²) in [6, 6.07) is 3.04. The lowest BCUT2D eigenvalue weighted by molar-refractivity contribution is 0.506. The topological polar surface area (TPSA) is 12.0 Å². The van der Waals surface area contributed by atoms with Gasteiger partial charge in [0.25, 0.3) is 0 Å². The van der Waals surface area contributed by atoms with E-state index in [0.29, 0.717) is 5.56 Å². The highest BCUT2D eigenvalue weighted by molar-refractivity contribution is 5.46. The zero-order valence-corrected chi connectivity index (χ0v) is 6.41. The van der Waals surface area contributed by atoms with Gasteiger partial charge in [0.05, 0.1) is 5.69 Å². The first-order valence-electron chi connectivity index (χ1n) is 3.29. The van der Waals surface area contributed by atoms with Gasteiger partial charge >= 0.3 is 0 Å². The molecule has 0 spiro atoms. The molecule has 0 unspecified atom stereocenters. The van der Waals surface area contributed by atoms with Gasteiger partial charge in [-0.1, -0.05) is 6.07 Å². The van der Waals surface area contributed by atoms with Gasteiger partial charge in [-0.15, -0.1) is 0 Å². The Morgan fingerprint density at radius 2 is 1.82 bits per heavy atom. The molecule has 1 aromatic rings. The van der Waals surface area contributed by atoms with Crippen molar-refractivity contribution in [2.75, 3.05) is 12.4 Å². The summed E-state index contributed by atoms with van der Waals surface area (Å²) in [4.78, 5) is 0. The fraction of sp³-hybridized carbons (Fsp3) is 0.250. The normalized spacial score (nSPS) is 9.82. The van der Waals surface area contributed by atoms with Crippen LogP contribution in [0.25, 0.3) is 0 Å². The van der Waals surface area contributed by atoms with Crippen LogP contribution in [0.1, 0.15) is 5.56 Å². The molecule has 0 amide bonds. The molecule has 0 saturated heterocycles. The van der Waals surface area contributed by atoms with Gasteiger partial charge in [0, 0.05) is 7.05 Å². The van der Waals surface area contributed by atoms with Crippen LogP contribution in [-0.2, 0) is 0 Å². The highest BCUT2D eigenvalue weighted by Gasteiger charge is 2.08. The minimum atomic E-state index is -0.812. The Kier molecular flexibility index (Phi) is 2.08. The average molecular weight is 157 g/mol. The van der Waals surface area contributed by atoms with Gasteiger partial charge in [0.15, 0.2) is 11.6 Å². The van der Waals surface area contributed by atoms with Crippen LogP contribution in [0.15, 0.2) is 12.1 Å². The summed E-state index contributed by atoms with van der Waals surface area (Å²) in [5.41, 5.74) is 0.509. The third-order valence-electron chi connectivity index (χ3n) is 1.54. The lowest BCUT2D eigenvalue weighted by Crippen LogP contribution is -1.96. The van der Waals surface area contributed by atoms with Crippen LogP contribution in [0.5, 0.6) is 0 Å². The molecule has 0 fully saturated rings. The van der Waals surface area contributed by atoms with Crippen LogP contribution in [0.2, 0.25) is 0 Å². The fourth-order valence-electron chi connectivity index (χ4n) is 0.839. The van der Waals surface area contributed by atoms with Gasteiger partial charge in [0.2, 0.25) is 0 Å². The van der Waals surface area contributed by atoms with E-state index in [4.69, 9.17) is 0 Å². The molecule has 0 aliphatic heterocycles. The van der Waals surface area contributed by atoms with Gasteiger partial charge in [0.1, 0.15) is 0 Å². The van der Waals surface area contributed by atoms with Crippen molar-refractivity contribution in [2.45, 2.75) is 6.92 Å². The van der Waals surface area contributed by atoms with Crippen molar-refractivity contribution in [3.63, 3.8) is 0 Å². The van der Waals surface area contributed by atoms with E-state index < -0.39 is 11.6 Å². The average Bonchev–Trinajstić information content (AvgIpc) is 2.01. The highest BCUT2D eigenvalue weighted by atomic mass is 19.2. The van der Waals surface area contributed by atoms with Crippen LogP contribution in [0.3, 0.4) is 0 Å². The van der Waals surface area contributed by atoms with Crippen LogP contribution in [-0.4, -0.2) is 7.05 Å². The number of nitrogens with one attached hydrogen (secondary N) is 1. The first kappa shape index (κ1) is 7.98. The fourth-order valence-corrected chi connectivity index (χ4v) is 0.839. The minimum absolute atomic E-state index is 0.188. The van der Waals surface area contributed by atoms with Crippen molar-refractivity contribution in [1.82, 2.24) is 0 Å². The maximum absolute atomic E-state index is 12.8. The summed E-state index contributed by atoms with van der Waals surface area (Å²) in [7, 11) is 1.55. The third kappa shape index (κ3) is 1.31. The molecule has 1 rings (SSSR count). The molecule has 0 aliphatic rings. The Bertz CT molecular complexity index is 271. The first-order valence-corrected chi connectivity index (χ1v) is 3.29. The van der Waals surface area contributed by atoms with E-state index in [1.165, 1.54) is 19.1 Å². The number of halogens is 2. The molecule has 0 aromatic heterocycles. The number of hydrogen-bond donors (Lipinski definition) is 1. The van der Waals surface area contributed by atoms with Crippen LogP contribution in [0.4, 0.5) is 14.5 Å². The smallest absolute Gasteiger partial charge is 0.182 e. The number of benzene rings is 1. The molecule has 1 nitrogen and oxygen atoms in total. The van der Waals surface area contributed by atoms with E-state index in [2.05, 4.69) is 5.32 Å². The number of aryl methyl sites for hydroxylation is 1. The summed E-state index contributed by atoms with van der Waals surface area (Å²) < 4.78 is 25.6. The Morgan fingerprint density at radius 1 is 1.18 bits per heavy atom. The molecule has 0 bridgehead atoms. The van der Waals surface area contributed by atoms with E-state index in [9.17, 15) is 8.78 Å². The van der Waals surface area contributed by atoms with E-state index in [1.807, 2.05) is 0 Å². The highest BCUT2D eigenvalue weighted by Crippen LogP contribution is 2.18. The standard InChI is InChI=1S/C8H9F2N/c1-5-3-4-6(11-2)8(10)7(5)9/h3-4,11H,1-2H3. The lowest BCUT2D eigenvalue weighted by Gasteiger charge is -2.03. The molecular weight excluding hydrogens is 148 g/mol. The number of hydrogen-bond acceptors (Lipinski definition) is 1. The maximum atomic E-state index is 12.8. The molecule has 11 heavy (non-hydrogen) atoms. The van der Waals surface area contributed by atoms with Crippen LogP contribution in [0, 0.1) is 18.6 Å². The van der Waals surface area contributed by atoms with Crippen molar-refractivity contribution in [3.05, 3.63) is 29.3 Å². The molecule has 0 heterocycles. The predicted octanol–water partition coefficient (Wildman–Crippen LogP) is 2.31. The Hall–Kier alpha value is -1.12. The molecule has 0 radical (unpaired) electrons. The second kappa shape index (κ2) is 2.86. The summed E-state index contributed by atoms with van der Waals surface area (Å²) in [6.45, 7) is 1.53. The summed E-state index contributed by atoms with van der Waals surface area (Å²) in [6.07, 6.45) is 0. The van der Waals surface area contributed by atoms with Crippen molar-refractivity contribution in [3.8, 4) is 0 Å². The van der Waals surface area contributed by atoms with Crippen molar-refractivity contribution in [2.24, 2.45) is 0 Å². The van der Waals surface area contributed by atoms with Crippen LogP contribution < -0.4 is 5.32 Å². The van der Waals surface area contributed by atoms with E-state index in [-0.39, 0.29) is 5.69 Å². The quantitative estimate of drug-likeness (QED) is 0.659. The Morgan fingerprint density at radius 3 is 2.36 bits per heavy atom. The summed E-state index contributed by atoms with van der Waals surface area (Å²) in [5, 5.41) is 2.55. The monoisotopic (exact) mass is 157 g/mol. The van der Waals surface area contributed by atoms with E-state index in [0.717, 1.165) is 0 Å². The molecule has 1 aromatic carbocycles. The van der Waals surface area contributed by atoms with Gasteiger partial charge in [-0.3, -0.25) is 0 Å². The molecule has 0 aliphatic carbocycles. The second-order valence-corrected chi connectivity index (χ2v) is 2.31. The van der Waals surface area contributed by atoms with Crippen molar-refractivity contribution < 1.29 is 8.78 Å². The molecule has 3 heteroatoms. The molecule has 60 valence electrons. The predicted molar refractivity (Wildman–Crippen MR) is 40.6 cm³/mol. The Balaban J connectivity index is 3.25. The zero-order valence-electron chi connectivity index (χ0n) is 6.41. The van der Waals surface area contributed by atoms with E-state index in [1.54, 1.807) is 7.05 Å². The van der Waals surface area contributed by atoms with Crippen LogP contribution >= 0.6 is 0 Å². The molecule has 1 N–H and O–H groups in total.